The highest BCUT2D eigenvalue weighted by molar-refractivity contribution is 6.35. The maximum Gasteiger partial charge on any atom is 0.143 e. The smallest absolute Gasteiger partial charge is 0.143 e. The second-order valence-electron chi connectivity index (χ2n) is 3.56. The molecule has 1 aromatic heterocycles. The molecule has 0 amide bonds. The lowest BCUT2D eigenvalue weighted by molar-refractivity contribution is 1.22. The Balaban J connectivity index is 2.86. The molecule has 0 aliphatic rings. The van der Waals surface area contributed by atoms with Crippen molar-refractivity contribution in [3.63, 3.8) is 0 Å². The van der Waals surface area contributed by atoms with E-state index >= 15 is 0 Å². The van der Waals surface area contributed by atoms with E-state index in [1.807, 2.05) is 32.0 Å². The summed E-state index contributed by atoms with van der Waals surface area (Å²) in [7, 11) is 0. The monoisotopic (exact) mass is 221 g/mol. The number of hydrazine groups is 1. The van der Waals surface area contributed by atoms with E-state index in [2.05, 4.69) is 10.4 Å². The van der Waals surface area contributed by atoms with Crippen LogP contribution >= 0.6 is 11.6 Å². The third-order valence-corrected chi connectivity index (χ3v) is 2.79. The van der Waals surface area contributed by atoms with Gasteiger partial charge in [-0.25, -0.2) is 10.8 Å². The number of aryl methyl sites for hydroxylation is 2. The number of benzene rings is 1. The highest BCUT2D eigenvalue weighted by Gasteiger charge is 2.07. The number of halogens is 1. The summed E-state index contributed by atoms with van der Waals surface area (Å²) in [4.78, 5) is 4.39. The predicted molar refractivity (Wildman–Crippen MR) is 64.0 cm³/mol. The highest BCUT2D eigenvalue weighted by Crippen LogP contribution is 2.27. The third-order valence-electron chi connectivity index (χ3n) is 2.48. The van der Waals surface area contributed by atoms with Crippen molar-refractivity contribution in [2.45, 2.75) is 13.8 Å². The number of pyridine rings is 1. The van der Waals surface area contributed by atoms with Gasteiger partial charge in [0.2, 0.25) is 0 Å². The zero-order valence-corrected chi connectivity index (χ0v) is 9.39. The number of nitrogens with zero attached hydrogens (tertiary/aromatic N) is 1. The summed E-state index contributed by atoms with van der Waals surface area (Å²) in [6.45, 7) is 4.00. The van der Waals surface area contributed by atoms with Gasteiger partial charge < -0.3 is 5.43 Å². The van der Waals surface area contributed by atoms with Gasteiger partial charge in [0.05, 0.1) is 10.5 Å². The Kier molecular flexibility index (Phi) is 2.50. The molecular weight excluding hydrogens is 210 g/mol. The van der Waals surface area contributed by atoms with Crippen molar-refractivity contribution in [3.8, 4) is 0 Å². The first-order valence-corrected chi connectivity index (χ1v) is 5.04. The molecule has 1 heterocycles. The minimum Gasteiger partial charge on any atom is -0.308 e. The van der Waals surface area contributed by atoms with E-state index in [1.165, 1.54) is 0 Å². The Morgan fingerprint density at radius 2 is 2.00 bits per heavy atom. The number of rotatable bonds is 1. The fourth-order valence-corrected chi connectivity index (χ4v) is 1.82. The molecule has 0 bridgehead atoms. The van der Waals surface area contributed by atoms with Crippen LogP contribution in [0.1, 0.15) is 11.1 Å². The van der Waals surface area contributed by atoms with E-state index in [4.69, 9.17) is 17.4 Å². The molecule has 0 aliphatic carbocycles. The van der Waals surface area contributed by atoms with Gasteiger partial charge in [-0.2, -0.15) is 0 Å². The Morgan fingerprint density at radius 3 is 2.67 bits per heavy atom. The average molecular weight is 222 g/mol. The number of aromatic nitrogens is 1. The molecule has 4 heteroatoms. The molecule has 0 saturated heterocycles. The van der Waals surface area contributed by atoms with Gasteiger partial charge in [-0.3, -0.25) is 0 Å². The summed E-state index contributed by atoms with van der Waals surface area (Å²) in [6.07, 6.45) is 0. The first-order chi connectivity index (χ1) is 7.13. The van der Waals surface area contributed by atoms with Crippen LogP contribution < -0.4 is 11.3 Å². The minimum atomic E-state index is 0.645. The predicted octanol–water partition coefficient (Wildman–Crippen LogP) is 2.79. The third kappa shape index (κ3) is 1.64. The van der Waals surface area contributed by atoms with Crippen LogP contribution in [0.2, 0.25) is 5.02 Å². The Morgan fingerprint density at radius 1 is 1.27 bits per heavy atom. The quantitative estimate of drug-likeness (QED) is 0.575. The Hall–Kier alpha value is -1.32. The molecule has 1 aromatic carbocycles. The molecule has 0 saturated carbocycles. The molecule has 2 aromatic rings. The molecule has 3 N–H and O–H groups in total. The Labute approximate surface area is 93.2 Å². The second-order valence-corrected chi connectivity index (χ2v) is 3.97. The van der Waals surface area contributed by atoms with Crippen molar-refractivity contribution in [2.75, 3.05) is 5.43 Å². The molecule has 0 unspecified atom stereocenters. The zero-order valence-electron chi connectivity index (χ0n) is 8.63. The molecule has 0 radical (unpaired) electrons. The average Bonchev–Trinajstić information content (AvgIpc) is 2.23. The Bertz CT molecular complexity index is 523. The van der Waals surface area contributed by atoms with Gasteiger partial charge in [-0.05, 0) is 37.1 Å². The summed E-state index contributed by atoms with van der Waals surface area (Å²) in [5.74, 6) is 6.04. The van der Waals surface area contributed by atoms with Gasteiger partial charge in [0.15, 0.2) is 0 Å². The zero-order chi connectivity index (χ0) is 11.0. The van der Waals surface area contributed by atoms with Crippen molar-refractivity contribution in [1.29, 1.82) is 0 Å². The molecule has 3 nitrogen and oxygen atoms in total. The first-order valence-electron chi connectivity index (χ1n) is 4.66. The van der Waals surface area contributed by atoms with Gasteiger partial charge in [0.25, 0.3) is 0 Å². The molecule has 2 rings (SSSR count). The second kappa shape index (κ2) is 3.68. The van der Waals surface area contributed by atoms with Gasteiger partial charge in [0.1, 0.15) is 5.82 Å². The van der Waals surface area contributed by atoms with Crippen molar-refractivity contribution >= 4 is 28.3 Å². The van der Waals surface area contributed by atoms with E-state index < -0.39 is 0 Å². The highest BCUT2D eigenvalue weighted by atomic mass is 35.5. The number of nitrogen functional groups attached to an aromatic ring is 1. The maximum absolute atomic E-state index is 6.08. The number of hydrogen-bond donors (Lipinski definition) is 2. The molecule has 15 heavy (non-hydrogen) atoms. The first kappa shape index (κ1) is 10.2. The SMILES string of the molecule is Cc1cc2c(C)ccc(Cl)c2nc1NN. The van der Waals surface area contributed by atoms with Crippen LogP contribution in [0, 0.1) is 13.8 Å². The fraction of sp³-hybridized carbons (Fsp3) is 0.182. The van der Waals surface area contributed by atoms with E-state index in [-0.39, 0.29) is 0 Å². The van der Waals surface area contributed by atoms with Crippen LogP contribution in [-0.2, 0) is 0 Å². The van der Waals surface area contributed by atoms with Crippen molar-refractivity contribution < 1.29 is 0 Å². The largest absolute Gasteiger partial charge is 0.308 e. The summed E-state index contributed by atoms with van der Waals surface area (Å²) >= 11 is 6.08. The van der Waals surface area contributed by atoms with Gasteiger partial charge >= 0.3 is 0 Å². The lowest BCUT2D eigenvalue weighted by Gasteiger charge is -2.09. The maximum atomic E-state index is 6.08. The number of fused-ring (bicyclic) bond motifs is 1. The topological polar surface area (TPSA) is 50.9 Å². The molecule has 0 atom stereocenters. The molecular formula is C11H12ClN3. The molecule has 0 spiro atoms. The van der Waals surface area contributed by atoms with E-state index in [0.717, 1.165) is 22.0 Å². The fourth-order valence-electron chi connectivity index (χ4n) is 1.61. The molecule has 0 fully saturated rings. The number of nitrogens with two attached hydrogens (primary N) is 1. The van der Waals surface area contributed by atoms with Gasteiger partial charge in [-0.1, -0.05) is 17.7 Å². The van der Waals surface area contributed by atoms with E-state index in [0.29, 0.717) is 10.8 Å². The normalized spacial score (nSPS) is 10.7. The van der Waals surface area contributed by atoms with Gasteiger partial charge in [0, 0.05) is 5.39 Å². The minimum absolute atomic E-state index is 0.645. The summed E-state index contributed by atoms with van der Waals surface area (Å²) in [5, 5.41) is 1.71. The van der Waals surface area contributed by atoms with Crippen LogP contribution in [0.3, 0.4) is 0 Å². The van der Waals surface area contributed by atoms with Gasteiger partial charge in [-0.15, -0.1) is 0 Å². The van der Waals surface area contributed by atoms with Crippen LogP contribution in [0.25, 0.3) is 10.9 Å². The number of anilines is 1. The molecule has 0 aliphatic heterocycles. The van der Waals surface area contributed by atoms with Crippen molar-refractivity contribution in [2.24, 2.45) is 5.84 Å². The van der Waals surface area contributed by atoms with E-state index in [9.17, 15) is 0 Å². The summed E-state index contributed by atoms with van der Waals surface area (Å²) < 4.78 is 0. The van der Waals surface area contributed by atoms with Crippen LogP contribution in [0.4, 0.5) is 5.82 Å². The molecule has 78 valence electrons. The number of nitrogens with one attached hydrogen (secondary N) is 1. The number of hydrogen-bond acceptors (Lipinski definition) is 3. The summed E-state index contributed by atoms with van der Waals surface area (Å²) in [6, 6.07) is 5.88. The summed E-state index contributed by atoms with van der Waals surface area (Å²) in [5.41, 5.74) is 5.52. The lowest BCUT2D eigenvalue weighted by Crippen LogP contribution is -2.10. The lowest BCUT2D eigenvalue weighted by atomic mass is 10.1. The van der Waals surface area contributed by atoms with Crippen LogP contribution in [0.15, 0.2) is 18.2 Å². The van der Waals surface area contributed by atoms with Crippen LogP contribution in [-0.4, -0.2) is 4.98 Å². The standard InChI is InChI=1S/C11H12ClN3/c1-6-3-4-9(12)10-8(6)5-7(2)11(14-10)15-13/h3-5H,13H2,1-2H3,(H,14,15). The van der Waals surface area contributed by atoms with E-state index in [1.54, 1.807) is 0 Å². The van der Waals surface area contributed by atoms with Crippen molar-refractivity contribution in [3.05, 3.63) is 34.3 Å². The van der Waals surface area contributed by atoms with Crippen LogP contribution in [0.5, 0.6) is 0 Å². The van der Waals surface area contributed by atoms with Crippen molar-refractivity contribution in [1.82, 2.24) is 4.98 Å².